The van der Waals surface area contributed by atoms with Gasteiger partial charge in [-0.2, -0.15) is 8.78 Å². The van der Waals surface area contributed by atoms with Crippen LogP contribution in [0.3, 0.4) is 0 Å². The van der Waals surface area contributed by atoms with Crippen LogP contribution >= 0.6 is 11.6 Å². The summed E-state index contributed by atoms with van der Waals surface area (Å²) in [6.07, 6.45) is 0. The van der Waals surface area contributed by atoms with Gasteiger partial charge in [-0.3, -0.25) is 0 Å². The molecule has 0 unspecified atom stereocenters. The van der Waals surface area contributed by atoms with E-state index in [0.29, 0.717) is 0 Å². The Morgan fingerprint density at radius 1 is 1.62 bits per heavy atom. The third-order valence-corrected chi connectivity index (χ3v) is 0.404. The molecule has 8 heavy (non-hydrogen) atoms. The first-order valence-corrected chi connectivity index (χ1v) is 1.62. The van der Waals surface area contributed by atoms with E-state index in [1.54, 1.807) is 0 Å². The zero-order chi connectivity index (χ0) is 6.08. The Labute approximate surface area is 91.6 Å². The molecule has 0 aromatic heterocycles. The number of hydrogen-bond donors (Lipinski definition) is 1. The van der Waals surface area contributed by atoms with Crippen LogP contribution in [0.25, 0.3) is 0 Å². The molecule has 0 aliphatic carbocycles. The van der Waals surface area contributed by atoms with Crippen molar-refractivity contribution >= 4 is 69.0 Å². The molecule has 0 saturated carbocycles. The van der Waals surface area contributed by atoms with E-state index in [4.69, 9.17) is 9.90 Å². The molecule has 0 spiro atoms. The molecule has 0 rings (SSSR count). The molecule has 0 amide bonds. The molecule has 6 heteroatoms. The molecule has 0 heterocycles. The van der Waals surface area contributed by atoms with Crippen LogP contribution in [-0.4, -0.2) is 67.8 Å². The second-order valence-electron chi connectivity index (χ2n) is 0.803. The molecule has 0 atom stereocenters. The van der Waals surface area contributed by atoms with Crippen LogP contribution in [0.5, 0.6) is 0 Å². The Morgan fingerprint density at radius 2 is 1.75 bits per heavy atom. The molecule has 0 radical (unpaired) electrons. The van der Waals surface area contributed by atoms with Gasteiger partial charge in [-0.15, -0.1) is 0 Å². The Morgan fingerprint density at radius 3 is 1.75 bits per heavy atom. The predicted molar refractivity (Wildman–Crippen MR) is 25.6 cm³/mol. The molecule has 0 fully saturated rings. The Balaban J connectivity index is 0. The molecular weight excluding hydrogens is 169 g/mol. The van der Waals surface area contributed by atoms with Gasteiger partial charge < -0.3 is 5.11 Å². The second kappa shape index (κ2) is 4.13. The fourth-order valence-electron chi connectivity index (χ4n) is 0. The van der Waals surface area contributed by atoms with Crippen LogP contribution in [0.2, 0.25) is 0 Å². The summed E-state index contributed by atoms with van der Waals surface area (Å²) in [5.41, 5.74) is 0. The fraction of sp³-hybridized carbons (Fsp3) is 0.500. The van der Waals surface area contributed by atoms with Gasteiger partial charge in [-0.05, 0) is 11.6 Å². The van der Waals surface area contributed by atoms with Crippen LogP contribution in [0.1, 0.15) is 0 Å². The third kappa shape index (κ3) is 5.39. The first-order chi connectivity index (χ1) is 2.94. The molecule has 0 saturated heterocycles. The minimum atomic E-state index is -4.11. The molecule has 0 aliphatic rings. The van der Waals surface area contributed by atoms with E-state index >= 15 is 0 Å². The number of aliphatic carboxylic acids is 1. The molecule has 0 aliphatic heterocycles. The van der Waals surface area contributed by atoms with Crippen molar-refractivity contribution in [3.8, 4) is 0 Å². The van der Waals surface area contributed by atoms with Gasteiger partial charge in [0.2, 0.25) is 0 Å². The molecule has 1 N–H and O–H groups in total. The summed E-state index contributed by atoms with van der Waals surface area (Å²) in [4.78, 5) is 9.14. The zero-order valence-electron chi connectivity index (χ0n) is 2.99. The van der Waals surface area contributed by atoms with Crippen molar-refractivity contribution in [1.29, 1.82) is 0 Å². The summed E-state index contributed by atoms with van der Waals surface area (Å²) in [7, 11) is 0. The van der Waals surface area contributed by atoms with Gasteiger partial charge in [0, 0.05) is 0 Å². The molecule has 44 valence electrons. The number of carboxylic acid groups (broad SMARTS) is 1. The second-order valence-corrected chi connectivity index (χ2v) is 1.28. The summed E-state index contributed by atoms with van der Waals surface area (Å²) < 4.78 is 22.0. The van der Waals surface area contributed by atoms with E-state index in [1.807, 2.05) is 0 Å². The summed E-state index contributed by atoms with van der Waals surface area (Å²) in [6, 6.07) is 0. The van der Waals surface area contributed by atoms with Crippen LogP contribution in [0, 0.1) is 0 Å². The van der Waals surface area contributed by atoms with E-state index in [0.717, 1.165) is 0 Å². The Hall–Kier alpha value is 1.26. The number of hydrogen-bond acceptors (Lipinski definition) is 1. The number of halogens is 3. The summed E-state index contributed by atoms with van der Waals surface area (Å²) in [6.45, 7) is 0. The van der Waals surface area contributed by atoms with E-state index in [-0.39, 0.29) is 51.4 Å². The molecule has 0 bridgehead atoms. The van der Waals surface area contributed by atoms with Gasteiger partial charge in [0.05, 0.1) is 0 Å². The number of carbonyl (C=O) groups is 1. The summed E-state index contributed by atoms with van der Waals surface area (Å²) in [5, 5.41) is 3.26. The van der Waals surface area contributed by atoms with Crippen molar-refractivity contribution in [1.82, 2.24) is 0 Å². The van der Waals surface area contributed by atoms with Gasteiger partial charge in [0.25, 0.3) is 0 Å². The quantitative estimate of drug-likeness (QED) is 0.453. The van der Waals surface area contributed by atoms with Crippen LogP contribution in [0.15, 0.2) is 0 Å². The predicted octanol–water partition coefficient (Wildman–Crippen LogP) is 0.254. The van der Waals surface area contributed by atoms with Gasteiger partial charge in [-0.1, -0.05) is 0 Å². The maximum absolute atomic E-state index is 11.0. The van der Waals surface area contributed by atoms with E-state index in [9.17, 15) is 8.78 Å². The van der Waals surface area contributed by atoms with E-state index < -0.39 is 11.4 Å². The molecular formula is C2H2ClF2KO2. The third-order valence-electron chi connectivity index (χ3n) is 0.243. The zero-order valence-corrected chi connectivity index (χ0v) is 3.75. The number of alkyl halides is 3. The van der Waals surface area contributed by atoms with Crippen molar-refractivity contribution < 1.29 is 18.7 Å². The van der Waals surface area contributed by atoms with E-state index in [2.05, 4.69) is 11.6 Å². The van der Waals surface area contributed by atoms with Crippen molar-refractivity contribution in [2.75, 3.05) is 0 Å². The monoisotopic (exact) mass is 170 g/mol. The van der Waals surface area contributed by atoms with Crippen LogP contribution in [0.4, 0.5) is 8.78 Å². The van der Waals surface area contributed by atoms with Crippen molar-refractivity contribution in [3.63, 3.8) is 0 Å². The SMILES string of the molecule is O=C(O)C(F)(F)Cl.[KH]. The molecule has 0 aromatic rings. The normalized spacial score (nSPS) is 9.88. The Bertz CT molecular complexity index is 90.5. The van der Waals surface area contributed by atoms with E-state index in [1.165, 1.54) is 0 Å². The van der Waals surface area contributed by atoms with Crippen molar-refractivity contribution in [2.24, 2.45) is 0 Å². The standard InChI is InChI=1S/C2HClF2O2.K.H/c3-2(4,5)1(6)7;;/h(H,6,7);;. The van der Waals surface area contributed by atoms with Gasteiger partial charge >= 0.3 is 62.7 Å². The van der Waals surface area contributed by atoms with Crippen molar-refractivity contribution in [2.45, 2.75) is 5.38 Å². The topological polar surface area (TPSA) is 37.3 Å². The van der Waals surface area contributed by atoms with Crippen LogP contribution < -0.4 is 0 Å². The van der Waals surface area contributed by atoms with Gasteiger partial charge in [-0.25, -0.2) is 4.79 Å². The maximum atomic E-state index is 11.0. The summed E-state index contributed by atoms with van der Waals surface area (Å²) in [5.74, 6) is -2.32. The Kier molecular flexibility index (Phi) is 6.19. The molecule has 0 aromatic carbocycles. The minimum absolute atomic E-state index is 0. The number of rotatable bonds is 1. The van der Waals surface area contributed by atoms with Crippen molar-refractivity contribution in [3.05, 3.63) is 0 Å². The average Bonchev–Trinajstić information content (AvgIpc) is 1.31. The van der Waals surface area contributed by atoms with Gasteiger partial charge in [0.15, 0.2) is 0 Å². The first-order valence-electron chi connectivity index (χ1n) is 1.24. The summed E-state index contributed by atoms with van der Waals surface area (Å²) >= 11 is 3.94. The fourth-order valence-corrected chi connectivity index (χ4v) is 0. The molecule has 2 nitrogen and oxygen atoms in total. The van der Waals surface area contributed by atoms with Gasteiger partial charge in [0.1, 0.15) is 0 Å². The first kappa shape index (κ1) is 12.0. The number of carboxylic acids is 1. The average molecular weight is 171 g/mol. The van der Waals surface area contributed by atoms with Crippen LogP contribution in [-0.2, 0) is 4.79 Å².